The first-order chi connectivity index (χ1) is 9.11. The van der Waals surface area contributed by atoms with Gasteiger partial charge in [0.2, 0.25) is 0 Å². The number of anilines is 1. The van der Waals surface area contributed by atoms with Crippen LogP contribution in [-0.4, -0.2) is 19.6 Å². The summed E-state index contributed by atoms with van der Waals surface area (Å²) in [6.45, 7) is 10.2. The van der Waals surface area contributed by atoms with Crippen LogP contribution >= 0.6 is 12.4 Å². The number of hydrogen-bond donors (Lipinski definition) is 1. The normalized spacial score (nSPS) is 10.7. The van der Waals surface area contributed by atoms with Gasteiger partial charge in [-0.25, -0.2) is 0 Å². The Hall–Kier alpha value is -1.49. The molecule has 112 valence electrons. The standard InChI is InChI=1S/C14H23N5.ClH/c1-5-8-18-10-14(12(4)17-18)15-9-13-6-7-16-19(13)11(2)3;/h6-7,10-11,15H,5,8-9H2,1-4H3;1H. The van der Waals surface area contributed by atoms with E-state index in [0.29, 0.717) is 6.04 Å². The van der Waals surface area contributed by atoms with Crippen molar-refractivity contribution in [1.29, 1.82) is 0 Å². The lowest BCUT2D eigenvalue weighted by Crippen LogP contribution is -2.11. The van der Waals surface area contributed by atoms with Crippen LogP contribution in [0.3, 0.4) is 0 Å². The zero-order valence-electron chi connectivity index (χ0n) is 12.6. The Balaban J connectivity index is 0.00000200. The highest BCUT2D eigenvalue weighted by Crippen LogP contribution is 2.15. The minimum Gasteiger partial charge on any atom is -0.377 e. The second kappa shape index (κ2) is 7.33. The van der Waals surface area contributed by atoms with Gasteiger partial charge in [0.15, 0.2) is 0 Å². The minimum absolute atomic E-state index is 0. The van der Waals surface area contributed by atoms with Crippen molar-refractivity contribution in [2.24, 2.45) is 0 Å². The first kappa shape index (κ1) is 16.6. The van der Waals surface area contributed by atoms with Crippen molar-refractivity contribution in [2.45, 2.75) is 53.2 Å². The molecule has 0 radical (unpaired) electrons. The van der Waals surface area contributed by atoms with E-state index in [1.165, 1.54) is 5.69 Å². The summed E-state index contributed by atoms with van der Waals surface area (Å²) in [4.78, 5) is 0. The summed E-state index contributed by atoms with van der Waals surface area (Å²) < 4.78 is 4.04. The lowest BCUT2D eigenvalue weighted by Gasteiger charge is -2.11. The topological polar surface area (TPSA) is 47.7 Å². The van der Waals surface area contributed by atoms with E-state index < -0.39 is 0 Å². The molecule has 1 N–H and O–H groups in total. The van der Waals surface area contributed by atoms with Gasteiger partial charge in [-0.3, -0.25) is 9.36 Å². The number of rotatable bonds is 6. The number of nitrogens with one attached hydrogen (secondary N) is 1. The largest absolute Gasteiger partial charge is 0.377 e. The first-order valence-electron chi connectivity index (χ1n) is 6.92. The summed E-state index contributed by atoms with van der Waals surface area (Å²) in [5.41, 5.74) is 3.34. The predicted molar refractivity (Wildman–Crippen MR) is 84.4 cm³/mol. The van der Waals surface area contributed by atoms with E-state index >= 15 is 0 Å². The molecule has 0 aromatic carbocycles. The van der Waals surface area contributed by atoms with Crippen LogP contribution in [0, 0.1) is 6.92 Å². The van der Waals surface area contributed by atoms with Gasteiger partial charge in [0.1, 0.15) is 0 Å². The van der Waals surface area contributed by atoms with E-state index in [2.05, 4.69) is 48.5 Å². The van der Waals surface area contributed by atoms with Gasteiger partial charge in [-0.1, -0.05) is 6.92 Å². The SMILES string of the molecule is CCCn1cc(NCc2ccnn2C(C)C)c(C)n1.Cl. The molecular formula is C14H24ClN5. The molecule has 0 unspecified atom stereocenters. The van der Waals surface area contributed by atoms with Crippen LogP contribution in [0.4, 0.5) is 5.69 Å². The van der Waals surface area contributed by atoms with Gasteiger partial charge in [-0.2, -0.15) is 10.2 Å². The van der Waals surface area contributed by atoms with Crippen LogP contribution in [0.1, 0.15) is 44.6 Å². The fourth-order valence-electron chi connectivity index (χ4n) is 2.17. The highest BCUT2D eigenvalue weighted by molar-refractivity contribution is 5.85. The Morgan fingerprint density at radius 2 is 2.10 bits per heavy atom. The molecule has 0 bridgehead atoms. The second-order valence-electron chi connectivity index (χ2n) is 5.11. The van der Waals surface area contributed by atoms with Gasteiger partial charge >= 0.3 is 0 Å². The Morgan fingerprint density at radius 1 is 1.35 bits per heavy atom. The van der Waals surface area contributed by atoms with Crippen molar-refractivity contribution in [3.63, 3.8) is 0 Å². The number of hydrogen-bond acceptors (Lipinski definition) is 3. The van der Waals surface area contributed by atoms with Gasteiger partial charge in [0, 0.05) is 25.0 Å². The molecule has 0 amide bonds. The Labute approximate surface area is 126 Å². The molecule has 0 atom stereocenters. The van der Waals surface area contributed by atoms with Crippen LogP contribution in [0.5, 0.6) is 0 Å². The van der Waals surface area contributed by atoms with Crippen molar-refractivity contribution in [3.05, 3.63) is 29.8 Å². The van der Waals surface area contributed by atoms with Crippen molar-refractivity contribution in [3.8, 4) is 0 Å². The quantitative estimate of drug-likeness (QED) is 0.889. The maximum absolute atomic E-state index is 4.49. The molecule has 2 heterocycles. The van der Waals surface area contributed by atoms with E-state index in [9.17, 15) is 0 Å². The van der Waals surface area contributed by atoms with Gasteiger partial charge in [0.05, 0.1) is 23.6 Å². The third-order valence-electron chi connectivity index (χ3n) is 3.10. The second-order valence-corrected chi connectivity index (χ2v) is 5.11. The third kappa shape index (κ3) is 3.76. The summed E-state index contributed by atoms with van der Waals surface area (Å²) in [5, 5.41) is 12.3. The van der Waals surface area contributed by atoms with Crippen molar-refractivity contribution in [1.82, 2.24) is 19.6 Å². The molecule has 0 spiro atoms. The number of aryl methyl sites for hydroxylation is 2. The van der Waals surface area contributed by atoms with Crippen LogP contribution in [0.15, 0.2) is 18.5 Å². The van der Waals surface area contributed by atoms with Gasteiger partial charge < -0.3 is 5.32 Å². The summed E-state index contributed by atoms with van der Waals surface area (Å²) in [7, 11) is 0. The summed E-state index contributed by atoms with van der Waals surface area (Å²) in [6.07, 6.45) is 5.03. The highest BCUT2D eigenvalue weighted by Gasteiger charge is 2.08. The Morgan fingerprint density at radius 3 is 2.75 bits per heavy atom. The molecule has 0 saturated heterocycles. The highest BCUT2D eigenvalue weighted by atomic mass is 35.5. The molecule has 2 aromatic rings. The monoisotopic (exact) mass is 297 g/mol. The lowest BCUT2D eigenvalue weighted by atomic mass is 10.3. The zero-order chi connectivity index (χ0) is 13.8. The van der Waals surface area contributed by atoms with E-state index in [1.807, 2.05) is 22.5 Å². The first-order valence-corrected chi connectivity index (χ1v) is 6.92. The molecule has 0 aliphatic heterocycles. The number of aromatic nitrogens is 4. The van der Waals surface area contributed by atoms with Gasteiger partial charge in [-0.15, -0.1) is 12.4 Å². The number of halogens is 1. The lowest BCUT2D eigenvalue weighted by molar-refractivity contribution is 0.512. The molecule has 0 aliphatic rings. The van der Waals surface area contributed by atoms with E-state index in [-0.39, 0.29) is 12.4 Å². The Kier molecular flexibility index (Phi) is 6.07. The smallest absolute Gasteiger partial charge is 0.0825 e. The molecule has 2 rings (SSSR count). The van der Waals surface area contributed by atoms with E-state index in [1.54, 1.807) is 0 Å². The molecule has 6 heteroatoms. The average molecular weight is 298 g/mol. The number of nitrogens with zero attached hydrogens (tertiary/aromatic N) is 4. The molecule has 0 fully saturated rings. The fraction of sp³-hybridized carbons (Fsp3) is 0.571. The van der Waals surface area contributed by atoms with Crippen molar-refractivity contribution >= 4 is 18.1 Å². The van der Waals surface area contributed by atoms with Gasteiger partial charge in [0.25, 0.3) is 0 Å². The Bertz CT molecular complexity index is 529. The fourth-order valence-corrected chi connectivity index (χ4v) is 2.17. The zero-order valence-corrected chi connectivity index (χ0v) is 13.4. The van der Waals surface area contributed by atoms with Crippen LogP contribution in [-0.2, 0) is 13.1 Å². The van der Waals surface area contributed by atoms with Crippen molar-refractivity contribution < 1.29 is 0 Å². The molecule has 0 saturated carbocycles. The maximum atomic E-state index is 4.49. The van der Waals surface area contributed by atoms with Crippen LogP contribution < -0.4 is 5.32 Å². The van der Waals surface area contributed by atoms with E-state index in [0.717, 1.165) is 30.9 Å². The molecule has 20 heavy (non-hydrogen) atoms. The molecular weight excluding hydrogens is 274 g/mol. The summed E-state index contributed by atoms with van der Waals surface area (Å²) in [6, 6.07) is 2.44. The maximum Gasteiger partial charge on any atom is 0.0825 e. The predicted octanol–water partition coefficient (Wildman–Crippen LogP) is 3.41. The van der Waals surface area contributed by atoms with E-state index in [4.69, 9.17) is 0 Å². The van der Waals surface area contributed by atoms with Crippen LogP contribution in [0.2, 0.25) is 0 Å². The molecule has 0 aliphatic carbocycles. The molecule has 2 aromatic heterocycles. The average Bonchev–Trinajstić information content (AvgIpc) is 2.94. The minimum atomic E-state index is 0. The summed E-state index contributed by atoms with van der Waals surface area (Å²) in [5.74, 6) is 0. The van der Waals surface area contributed by atoms with Crippen molar-refractivity contribution in [2.75, 3.05) is 5.32 Å². The summed E-state index contributed by atoms with van der Waals surface area (Å²) >= 11 is 0. The molecule has 5 nitrogen and oxygen atoms in total. The van der Waals surface area contributed by atoms with Crippen LogP contribution in [0.25, 0.3) is 0 Å². The van der Waals surface area contributed by atoms with Gasteiger partial charge in [-0.05, 0) is 33.3 Å². The third-order valence-corrected chi connectivity index (χ3v) is 3.10.